The molecule has 0 aliphatic heterocycles. The van der Waals surface area contributed by atoms with E-state index < -0.39 is 10.9 Å². The Hall–Kier alpha value is -2.12. The molecule has 0 fully saturated rings. The molecule has 8 heteroatoms. The lowest BCUT2D eigenvalue weighted by Gasteiger charge is -2.13. The lowest BCUT2D eigenvalue weighted by molar-refractivity contribution is -0.388. The van der Waals surface area contributed by atoms with E-state index in [0.29, 0.717) is 18.7 Å². The highest BCUT2D eigenvalue weighted by Crippen LogP contribution is 2.22. The summed E-state index contributed by atoms with van der Waals surface area (Å²) in [5.74, 6) is -0.723. The van der Waals surface area contributed by atoms with Crippen molar-refractivity contribution in [2.24, 2.45) is 7.05 Å². The van der Waals surface area contributed by atoms with Gasteiger partial charge in [-0.1, -0.05) is 0 Å². The van der Waals surface area contributed by atoms with Gasteiger partial charge in [0.1, 0.15) is 0 Å². The summed E-state index contributed by atoms with van der Waals surface area (Å²) < 4.78 is 1.53. The van der Waals surface area contributed by atoms with Crippen molar-refractivity contribution in [3.8, 4) is 0 Å². The van der Waals surface area contributed by atoms with Gasteiger partial charge in [-0.15, -0.1) is 0 Å². The van der Waals surface area contributed by atoms with Crippen LogP contribution < -0.4 is 5.32 Å². The summed E-state index contributed by atoms with van der Waals surface area (Å²) in [6, 6.07) is -0.0570. The molecule has 1 aromatic heterocycles. The van der Waals surface area contributed by atoms with Crippen LogP contribution in [0.25, 0.3) is 0 Å². The zero-order chi connectivity index (χ0) is 13.7. The Morgan fingerprint density at radius 1 is 1.72 bits per heavy atom. The van der Waals surface area contributed by atoms with Gasteiger partial charge in [-0.2, -0.15) is 0 Å². The lowest BCUT2D eigenvalue weighted by Crippen LogP contribution is -2.18. The summed E-state index contributed by atoms with van der Waals surface area (Å²) in [4.78, 5) is 24.2. The monoisotopic (exact) mass is 256 g/mol. The van der Waals surface area contributed by atoms with Crippen LogP contribution in [0.5, 0.6) is 0 Å². The van der Waals surface area contributed by atoms with Gasteiger partial charge >= 0.3 is 11.8 Å². The van der Waals surface area contributed by atoms with E-state index in [1.807, 2.05) is 6.92 Å². The highest BCUT2D eigenvalue weighted by Gasteiger charge is 2.21. The topological polar surface area (TPSA) is 110 Å². The minimum absolute atomic E-state index is 0.0570. The standard InChI is InChI=1S/C10H16N4O4/c1-7(4-3-5-8(15)16)12-10-9(14(17)18)11-6-13(10)2/h6-7,12H,3-5H2,1-2H3,(H,15,16). The van der Waals surface area contributed by atoms with Crippen LogP contribution in [0, 0.1) is 10.1 Å². The number of carboxylic acids is 1. The predicted molar refractivity (Wildman–Crippen MR) is 64.4 cm³/mol. The van der Waals surface area contributed by atoms with E-state index in [1.165, 1.54) is 10.9 Å². The average molecular weight is 256 g/mol. The average Bonchev–Trinajstić information content (AvgIpc) is 2.60. The van der Waals surface area contributed by atoms with Crippen molar-refractivity contribution < 1.29 is 14.8 Å². The third kappa shape index (κ3) is 3.72. The molecule has 18 heavy (non-hydrogen) atoms. The first-order chi connectivity index (χ1) is 8.41. The molecular formula is C10H16N4O4. The molecule has 1 heterocycles. The highest BCUT2D eigenvalue weighted by molar-refractivity contribution is 5.66. The molecule has 0 radical (unpaired) electrons. The molecule has 1 unspecified atom stereocenters. The Morgan fingerprint density at radius 2 is 2.39 bits per heavy atom. The zero-order valence-corrected chi connectivity index (χ0v) is 10.3. The number of nitrogens with one attached hydrogen (secondary N) is 1. The van der Waals surface area contributed by atoms with Gasteiger partial charge in [0.05, 0.1) is 0 Å². The summed E-state index contributed by atoms with van der Waals surface area (Å²) >= 11 is 0. The fourth-order valence-electron chi connectivity index (χ4n) is 1.58. The largest absolute Gasteiger partial charge is 0.481 e. The molecule has 2 N–H and O–H groups in total. The van der Waals surface area contributed by atoms with Gasteiger partial charge in [0.25, 0.3) is 0 Å². The zero-order valence-electron chi connectivity index (χ0n) is 10.3. The Kier molecular flexibility index (Phi) is 4.64. The summed E-state index contributed by atoms with van der Waals surface area (Å²) in [5.41, 5.74) is 0. The van der Waals surface area contributed by atoms with Crippen LogP contribution in [-0.2, 0) is 11.8 Å². The van der Waals surface area contributed by atoms with Crippen molar-refractivity contribution in [1.29, 1.82) is 0 Å². The lowest BCUT2D eigenvalue weighted by atomic mass is 10.1. The summed E-state index contributed by atoms with van der Waals surface area (Å²) in [6.45, 7) is 1.85. The van der Waals surface area contributed by atoms with Gasteiger partial charge in [-0.05, 0) is 29.7 Å². The van der Waals surface area contributed by atoms with Crippen molar-refractivity contribution >= 4 is 17.6 Å². The predicted octanol–water partition coefficient (Wildman–Crippen LogP) is 1.38. The smallest absolute Gasteiger partial charge is 0.406 e. The number of nitrogens with zero attached hydrogens (tertiary/aromatic N) is 3. The molecule has 0 aliphatic rings. The molecule has 0 bridgehead atoms. The molecular weight excluding hydrogens is 240 g/mol. The number of aromatic nitrogens is 2. The van der Waals surface area contributed by atoms with E-state index in [4.69, 9.17) is 5.11 Å². The number of carbonyl (C=O) groups is 1. The van der Waals surface area contributed by atoms with Crippen molar-refractivity contribution in [2.75, 3.05) is 5.32 Å². The molecule has 0 aromatic carbocycles. The van der Waals surface area contributed by atoms with Gasteiger partial charge in [-0.25, -0.2) is 0 Å². The van der Waals surface area contributed by atoms with Crippen molar-refractivity contribution in [3.05, 3.63) is 16.4 Å². The second-order valence-corrected chi connectivity index (χ2v) is 4.12. The Morgan fingerprint density at radius 3 is 2.94 bits per heavy atom. The van der Waals surface area contributed by atoms with Crippen LogP contribution in [0.4, 0.5) is 11.6 Å². The molecule has 100 valence electrons. The van der Waals surface area contributed by atoms with Crippen LogP contribution in [-0.4, -0.2) is 31.6 Å². The summed E-state index contributed by atoms with van der Waals surface area (Å²) in [6.07, 6.45) is 2.60. The minimum Gasteiger partial charge on any atom is -0.481 e. The maximum atomic E-state index is 10.7. The van der Waals surface area contributed by atoms with Gasteiger partial charge in [0.15, 0.2) is 0 Å². The Balaban J connectivity index is 2.58. The molecule has 1 rings (SSSR count). The number of aliphatic carboxylic acids is 1. The Bertz CT molecular complexity index is 443. The maximum Gasteiger partial charge on any atom is 0.406 e. The minimum atomic E-state index is -0.839. The van der Waals surface area contributed by atoms with Crippen LogP contribution in [0.15, 0.2) is 6.33 Å². The van der Waals surface area contributed by atoms with Crippen molar-refractivity contribution in [2.45, 2.75) is 32.2 Å². The van der Waals surface area contributed by atoms with E-state index in [0.717, 1.165) is 0 Å². The normalized spacial score (nSPS) is 12.1. The highest BCUT2D eigenvalue weighted by atomic mass is 16.6. The third-order valence-corrected chi connectivity index (χ3v) is 2.50. The van der Waals surface area contributed by atoms with E-state index in [1.54, 1.807) is 7.05 Å². The quantitative estimate of drug-likeness (QED) is 0.563. The number of carboxylic acid groups (broad SMARTS) is 1. The third-order valence-electron chi connectivity index (χ3n) is 2.50. The van der Waals surface area contributed by atoms with Crippen molar-refractivity contribution in [1.82, 2.24) is 9.55 Å². The van der Waals surface area contributed by atoms with Crippen LogP contribution in [0.2, 0.25) is 0 Å². The number of aryl methyl sites for hydroxylation is 1. The molecule has 0 spiro atoms. The SMILES string of the molecule is CC(CCCC(=O)O)Nc1c([N+](=O)[O-])ncn1C. The summed E-state index contributed by atoms with van der Waals surface area (Å²) in [5, 5.41) is 22.2. The first-order valence-electron chi connectivity index (χ1n) is 5.56. The molecule has 0 saturated heterocycles. The maximum absolute atomic E-state index is 10.7. The number of hydrogen-bond acceptors (Lipinski definition) is 5. The number of anilines is 1. The van der Waals surface area contributed by atoms with Gasteiger partial charge in [-0.3, -0.25) is 9.36 Å². The van der Waals surface area contributed by atoms with E-state index in [9.17, 15) is 14.9 Å². The summed E-state index contributed by atoms with van der Waals surface area (Å²) in [7, 11) is 1.66. The van der Waals surface area contributed by atoms with Gasteiger partial charge < -0.3 is 20.5 Å². The second-order valence-electron chi connectivity index (χ2n) is 4.12. The first-order valence-corrected chi connectivity index (χ1v) is 5.56. The van der Waals surface area contributed by atoms with Crippen LogP contribution >= 0.6 is 0 Å². The molecule has 8 nitrogen and oxygen atoms in total. The van der Waals surface area contributed by atoms with Crippen molar-refractivity contribution in [3.63, 3.8) is 0 Å². The molecule has 0 aliphatic carbocycles. The second kappa shape index (κ2) is 5.99. The molecule has 1 atom stereocenters. The molecule has 1 aromatic rings. The number of nitro groups is 1. The van der Waals surface area contributed by atoms with Crippen LogP contribution in [0.3, 0.4) is 0 Å². The molecule has 0 saturated carbocycles. The fraction of sp³-hybridized carbons (Fsp3) is 0.600. The number of hydrogen-bond donors (Lipinski definition) is 2. The Labute approximate surface area is 104 Å². The van der Waals surface area contributed by atoms with Crippen LogP contribution in [0.1, 0.15) is 26.2 Å². The van der Waals surface area contributed by atoms with E-state index in [-0.39, 0.29) is 18.3 Å². The number of rotatable bonds is 7. The molecule has 0 amide bonds. The first kappa shape index (κ1) is 13.9. The number of imidazole rings is 1. The van der Waals surface area contributed by atoms with Gasteiger partial charge in [0, 0.05) is 19.5 Å². The fourth-order valence-corrected chi connectivity index (χ4v) is 1.58. The van der Waals surface area contributed by atoms with E-state index >= 15 is 0 Å². The van der Waals surface area contributed by atoms with Gasteiger partial charge in [0.2, 0.25) is 12.1 Å². The van der Waals surface area contributed by atoms with E-state index in [2.05, 4.69) is 10.3 Å².